The zero-order chi connectivity index (χ0) is 18.2. The second-order valence-electron chi connectivity index (χ2n) is 5.61. The van der Waals surface area contributed by atoms with E-state index in [2.05, 4.69) is 4.99 Å². The van der Waals surface area contributed by atoms with Gasteiger partial charge in [-0.1, -0.05) is 36.4 Å². The Hall–Kier alpha value is -3.14. The molecule has 0 aliphatic heterocycles. The van der Waals surface area contributed by atoms with Gasteiger partial charge in [-0.2, -0.15) is 0 Å². The number of hydrogen-bond acceptors (Lipinski definition) is 3. The van der Waals surface area contributed by atoms with Gasteiger partial charge in [-0.15, -0.1) is 0 Å². The van der Waals surface area contributed by atoms with Crippen molar-refractivity contribution in [3.8, 4) is 11.5 Å². The van der Waals surface area contributed by atoms with Crippen molar-refractivity contribution >= 4 is 11.9 Å². The Balaban J connectivity index is 1.76. The molecule has 3 aromatic rings. The van der Waals surface area contributed by atoms with Gasteiger partial charge in [-0.25, -0.2) is 4.39 Å². The largest absolute Gasteiger partial charge is 0.490 e. The lowest BCUT2D eigenvalue weighted by Crippen LogP contribution is -2.01. The van der Waals surface area contributed by atoms with Gasteiger partial charge in [-0.05, 0) is 48.9 Å². The van der Waals surface area contributed by atoms with Crippen LogP contribution in [-0.4, -0.2) is 12.8 Å². The average Bonchev–Trinajstić information content (AvgIpc) is 2.68. The van der Waals surface area contributed by atoms with Crippen LogP contribution in [0.1, 0.15) is 18.1 Å². The summed E-state index contributed by atoms with van der Waals surface area (Å²) in [6.45, 7) is 2.56. The van der Waals surface area contributed by atoms with Crippen LogP contribution in [0.15, 0.2) is 77.8 Å². The number of hydrogen-bond donors (Lipinski definition) is 0. The maximum absolute atomic E-state index is 13.7. The van der Waals surface area contributed by atoms with Gasteiger partial charge in [-0.3, -0.25) is 4.99 Å². The van der Waals surface area contributed by atoms with Crippen LogP contribution in [0.5, 0.6) is 11.5 Å². The van der Waals surface area contributed by atoms with E-state index in [-0.39, 0.29) is 12.4 Å². The Kier molecular flexibility index (Phi) is 5.99. The van der Waals surface area contributed by atoms with Crippen LogP contribution in [0.25, 0.3) is 0 Å². The Morgan fingerprint density at radius 3 is 2.42 bits per heavy atom. The van der Waals surface area contributed by atoms with Crippen LogP contribution in [-0.2, 0) is 6.61 Å². The number of aliphatic imine (C=N–C) groups is 1. The van der Waals surface area contributed by atoms with E-state index in [1.165, 1.54) is 6.07 Å². The van der Waals surface area contributed by atoms with Crippen molar-refractivity contribution in [1.29, 1.82) is 0 Å². The first-order valence-corrected chi connectivity index (χ1v) is 8.48. The molecular weight excluding hydrogens is 329 g/mol. The maximum Gasteiger partial charge on any atom is 0.161 e. The fourth-order valence-corrected chi connectivity index (χ4v) is 2.43. The lowest BCUT2D eigenvalue weighted by Gasteiger charge is -2.13. The first-order valence-electron chi connectivity index (χ1n) is 8.48. The molecule has 0 spiro atoms. The van der Waals surface area contributed by atoms with E-state index < -0.39 is 0 Å². The number of rotatable bonds is 7. The third-order valence-electron chi connectivity index (χ3n) is 3.73. The molecule has 0 saturated carbocycles. The molecule has 132 valence electrons. The standard InChI is InChI=1S/C22H20FNO2/c1-2-25-22-14-17(15-24-19-9-4-3-5-10-19)12-13-21(22)26-16-18-8-6-7-11-20(18)23/h3-15H,2,16H2,1H3. The Bertz CT molecular complexity index is 878. The zero-order valence-electron chi connectivity index (χ0n) is 14.6. The van der Waals surface area contributed by atoms with E-state index in [1.807, 2.05) is 55.5 Å². The predicted molar refractivity (Wildman–Crippen MR) is 102 cm³/mol. The predicted octanol–water partition coefficient (Wildman–Crippen LogP) is 5.55. The number of halogens is 1. The molecule has 3 aromatic carbocycles. The normalized spacial score (nSPS) is 10.8. The van der Waals surface area contributed by atoms with Gasteiger partial charge < -0.3 is 9.47 Å². The smallest absolute Gasteiger partial charge is 0.161 e. The summed E-state index contributed by atoms with van der Waals surface area (Å²) in [4.78, 5) is 4.44. The summed E-state index contributed by atoms with van der Waals surface area (Å²) in [6, 6.07) is 21.9. The maximum atomic E-state index is 13.7. The minimum Gasteiger partial charge on any atom is -0.490 e. The number of ether oxygens (including phenoxy) is 2. The molecule has 0 aromatic heterocycles. The second-order valence-corrected chi connectivity index (χ2v) is 5.61. The summed E-state index contributed by atoms with van der Waals surface area (Å²) in [5.74, 6) is 0.907. The third kappa shape index (κ3) is 4.70. The number of benzene rings is 3. The minimum absolute atomic E-state index is 0.143. The van der Waals surface area contributed by atoms with Gasteiger partial charge in [0.15, 0.2) is 11.5 Å². The number of para-hydroxylation sites is 1. The van der Waals surface area contributed by atoms with E-state index in [0.717, 1.165) is 11.3 Å². The van der Waals surface area contributed by atoms with Crippen LogP contribution in [0.2, 0.25) is 0 Å². The SMILES string of the molecule is CCOc1cc(C=Nc2ccccc2)ccc1OCc1ccccc1F. The van der Waals surface area contributed by atoms with Crippen molar-refractivity contribution in [3.63, 3.8) is 0 Å². The van der Waals surface area contributed by atoms with E-state index in [1.54, 1.807) is 24.4 Å². The van der Waals surface area contributed by atoms with Gasteiger partial charge >= 0.3 is 0 Å². The molecule has 4 heteroatoms. The summed E-state index contributed by atoms with van der Waals surface area (Å²) in [5.41, 5.74) is 2.28. The van der Waals surface area contributed by atoms with Crippen molar-refractivity contribution in [2.75, 3.05) is 6.61 Å². The molecule has 0 saturated heterocycles. The zero-order valence-corrected chi connectivity index (χ0v) is 14.6. The molecule has 0 fully saturated rings. The van der Waals surface area contributed by atoms with Gasteiger partial charge in [0.05, 0.1) is 12.3 Å². The van der Waals surface area contributed by atoms with Crippen LogP contribution in [0.4, 0.5) is 10.1 Å². The van der Waals surface area contributed by atoms with E-state index in [4.69, 9.17) is 9.47 Å². The summed E-state index contributed by atoms with van der Waals surface area (Å²) in [5, 5.41) is 0. The Morgan fingerprint density at radius 1 is 0.885 bits per heavy atom. The molecule has 0 radical (unpaired) electrons. The molecule has 0 aliphatic carbocycles. The van der Waals surface area contributed by atoms with Crippen LogP contribution in [0.3, 0.4) is 0 Å². The first-order chi connectivity index (χ1) is 12.8. The molecule has 0 unspecified atom stereocenters. The molecule has 0 N–H and O–H groups in total. The second kappa shape index (κ2) is 8.81. The van der Waals surface area contributed by atoms with E-state index in [9.17, 15) is 4.39 Å². The molecule has 3 nitrogen and oxygen atoms in total. The lowest BCUT2D eigenvalue weighted by atomic mass is 10.2. The Labute approximate surface area is 152 Å². The van der Waals surface area contributed by atoms with Crippen LogP contribution in [0, 0.1) is 5.82 Å². The lowest BCUT2D eigenvalue weighted by molar-refractivity contribution is 0.266. The molecule has 0 amide bonds. The van der Waals surface area contributed by atoms with Gasteiger partial charge in [0.1, 0.15) is 12.4 Å². The molecule has 0 atom stereocenters. The third-order valence-corrected chi connectivity index (χ3v) is 3.73. The van der Waals surface area contributed by atoms with Crippen molar-refractivity contribution in [3.05, 3.63) is 89.7 Å². The summed E-state index contributed by atoms with van der Waals surface area (Å²) >= 11 is 0. The monoisotopic (exact) mass is 349 g/mol. The van der Waals surface area contributed by atoms with E-state index >= 15 is 0 Å². The fraction of sp³-hybridized carbons (Fsp3) is 0.136. The fourth-order valence-electron chi connectivity index (χ4n) is 2.43. The van der Waals surface area contributed by atoms with Crippen LogP contribution >= 0.6 is 0 Å². The average molecular weight is 349 g/mol. The van der Waals surface area contributed by atoms with E-state index in [0.29, 0.717) is 23.7 Å². The highest BCUT2D eigenvalue weighted by molar-refractivity contribution is 5.83. The molecular formula is C22H20FNO2. The molecule has 26 heavy (non-hydrogen) atoms. The van der Waals surface area contributed by atoms with Crippen molar-refractivity contribution in [2.45, 2.75) is 13.5 Å². The summed E-state index contributed by atoms with van der Waals surface area (Å²) in [6.07, 6.45) is 1.78. The number of nitrogens with zero attached hydrogens (tertiary/aromatic N) is 1. The topological polar surface area (TPSA) is 30.8 Å². The van der Waals surface area contributed by atoms with Gasteiger partial charge in [0.25, 0.3) is 0 Å². The summed E-state index contributed by atoms with van der Waals surface area (Å²) in [7, 11) is 0. The Morgan fingerprint density at radius 2 is 1.65 bits per heavy atom. The van der Waals surface area contributed by atoms with Crippen molar-refractivity contribution in [1.82, 2.24) is 0 Å². The van der Waals surface area contributed by atoms with Gasteiger partial charge in [0, 0.05) is 11.8 Å². The van der Waals surface area contributed by atoms with Crippen molar-refractivity contribution < 1.29 is 13.9 Å². The first kappa shape index (κ1) is 17.7. The minimum atomic E-state index is -0.280. The van der Waals surface area contributed by atoms with Crippen molar-refractivity contribution in [2.24, 2.45) is 4.99 Å². The molecule has 3 rings (SSSR count). The quantitative estimate of drug-likeness (QED) is 0.523. The summed E-state index contributed by atoms with van der Waals surface area (Å²) < 4.78 is 25.2. The molecule has 0 bridgehead atoms. The highest BCUT2D eigenvalue weighted by Gasteiger charge is 2.08. The molecule has 0 aliphatic rings. The van der Waals surface area contributed by atoms with Crippen LogP contribution < -0.4 is 9.47 Å². The highest BCUT2D eigenvalue weighted by Crippen LogP contribution is 2.29. The molecule has 0 heterocycles. The highest BCUT2D eigenvalue weighted by atomic mass is 19.1. The van der Waals surface area contributed by atoms with Gasteiger partial charge in [0.2, 0.25) is 0 Å².